The molecule has 0 aliphatic heterocycles. The van der Waals surface area contributed by atoms with E-state index in [2.05, 4.69) is 4.98 Å². The first kappa shape index (κ1) is 23.1. The molecule has 1 fully saturated rings. The smallest absolute Gasteiger partial charge is 0.415 e. The lowest BCUT2D eigenvalue weighted by Crippen LogP contribution is -2.34. The van der Waals surface area contributed by atoms with Gasteiger partial charge in [0.15, 0.2) is 0 Å². The molecule has 0 saturated heterocycles. The molecule has 1 amide bonds. The predicted molar refractivity (Wildman–Crippen MR) is 133 cm³/mol. The molecule has 182 valence electrons. The lowest BCUT2D eigenvalue weighted by Gasteiger charge is -2.24. The maximum atomic E-state index is 13.0. The summed E-state index contributed by atoms with van der Waals surface area (Å²) >= 11 is 0. The van der Waals surface area contributed by atoms with Gasteiger partial charge in [0.25, 0.3) is 0 Å². The van der Waals surface area contributed by atoms with Crippen molar-refractivity contribution in [2.45, 2.75) is 64.5 Å². The Labute approximate surface area is 203 Å². The zero-order valence-corrected chi connectivity index (χ0v) is 20.4. The first-order chi connectivity index (χ1) is 16.5. The number of amides is 1. The Morgan fingerprint density at radius 2 is 1.91 bits per heavy atom. The first-order valence-corrected chi connectivity index (χ1v) is 11.9. The third-order valence-corrected chi connectivity index (χ3v) is 6.62. The van der Waals surface area contributed by atoms with Crippen molar-refractivity contribution in [3.63, 3.8) is 0 Å². The number of rotatable bonds is 3. The van der Waals surface area contributed by atoms with Crippen LogP contribution in [-0.4, -0.2) is 39.4 Å². The molecular formula is C27H29N3O5. The van der Waals surface area contributed by atoms with Crippen molar-refractivity contribution in [1.82, 2.24) is 9.55 Å². The standard InChI is InChI=1S/C27H29N3O5/c1-27(2,3)35-26(34)29(4)22-12-15-6-5-7-18-17(20(15)13-28-22)10-11-19-23(18)30(16-8-9-16)14-21(24(19)31)25(32)33/h10-14,16H,5-9H2,1-4H3,(H,32,33). The summed E-state index contributed by atoms with van der Waals surface area (Å²) in [5.74, 6) is -0.680. The van der Waals surface area contributed by atoms with E-state index in [1.807, 2.05) is 37.5 Å². The van der Waals surface area contributed by atoms with Gasteiger partial charge in [-0.2, -0.15) is 0 Å². The lowest BCUT2D eigenvalue weighted by atomic mass is 9.94. The molecule has 5 rings (SSSR count). The van der Waals surface area contributed by atoms with Crippen LogP contribution in [0.4, 0.5) is 10.6 Å². The van der Waals surface area contributed by atoms with Gasteiger partial charge in [-0.05, 0) is 81.7 Å². The number of pyridine rings is 2. The SMILES string of the molecule is CN(C(=O)OC(C)(C)C)c1cc2c(cn1)-c1ccc3c(=O)c(C(=O)O)cn(C4CC4)c3c1CCC2. The van der Waals surface area contributed by atoms with Crippen LogP contribution in [0.1, 0.15) is 67.6 Å². The minimum Gasteiger partial charge on any atom is -0.477 e. The van der Waals surface area contributed by atoms with Gasteiger partial charge in [-0.1, -0.05) is 6.07 Å². The number of carbonyl (C=O) groups is 2. The summed E-state index contributed by atoms with van der Waals surface area (Å²) in [6.45, 7) is 5.47. The van der Waals surface area contributed by atoms with E-state index in [0.29, 0.717) is 11.2 Å². The fraction of sp³-hybridized carbons (Fsp3) is 0.407. The molecule has 0 radical (unpaired) electrons. The Morgan fingerprint density at radius 3 is 2.57 bits per heavy atom. The molecule has 3 aromatic rings. The number of aromatic carboxylic acids is 1. The summed E-state index contributed by atoms with van der Waals surface area (Å²) in [7, 11) is 1.65. The molecule has 0 spiro atoms. The first-order valence-electron chi connectivity index (χ1n) is 11.9. The summed E-state index contributed by atoms with van der Waals surface area (Å²) in [6, 6.07) is 5.80. The fourth-order valence-electron chi connectivity index (χ4n) is 4.82. The second-order valence-electron chi connectivity index (χ2n) is 10.4. The number of hydrogen-bond donors (Lipinski definition) is 1. The van der Waals surface area contributed by atoms with Gasteiger partial charge in [-0.25, -0.2) is 14.6 Å². The van der Waals surface area contributed by atoms with Crippen LogP contribution in [0.15, 0.2) is 35.4 Å². The summed E-state index contributed by atoms with van der Waals surface area (Å²) in [5, 5.41) is 10.0. The van der Waals surface area contributed by atoms with E-state index in [9.17, 15) is 19.5 Å². The molecule has 0 bridgehead atoms. The van der Waals surface area contributed by atoms with Crippen molar-refractivity contribution in [3.05, 3.63) is 57.5 Å². The average molecular weight is 476 g/mol. The van der Waals surface area contributed by atoms with Gasteiger partial charge in [0, 0.05) is 36.4 Å². The van der Waals surface area contributed by atoms with Crippen LogP contribution in [0.2, 0.25) is 0 Å². The van der Waals surface area contributed by atoms with Crippen molar-refractivity contribution >= 4 is 28.8 Å². The average Bonchev–Trinajstić information content (AvgIpc) is 3.63. The van der Waals surface area contributed by atoms with Crippen molar-refractivity contribution in [2.24, 2.45) is 0 Å². The fourth-order valence-corrected chi connectivity index (χ4v) is 4.82. The summed E-state index contributed by atoms with van der Waals surface area (Å²) < 4.78 is 7.48. The molecule has 1 saturated carbocycles. The molecule has 35 heavy (non-hydrogen) atoms. The topological polar surface area (TPSA) is 102 Å². The largest absolute Gasteiger partial charge is 0.477 e. The minimum absolute atomic E-state index is 0.185. The van der Waals surface area contributed by atoms with Gasteiger partial charge in [-0.3, -0.25) is 9.69 Å². The highest BCUT2D eigenvalue weighted by molar-refractivity contribution is 5.96. The van der Waals surface area contributed by atoms with Crippen LogP contribution in [0.25, 0.3) is 22.0 Å². The van der Waals surface area contributed by atoms with Gasteiger partial charge >= 0.3 is 12.1 Å². The van der Waals surface area contributed by atoms with E-state index in [-0.39, 0.29) is 11.6 Å². The highest BCUT2D eigenvalue weighted by atomic mass is 16.6. The van der Waals surface area contributed by atoms with Crippen LogP contribution < -0.4 is 10.3 Å². The zero-order valence-electron chi connectivity index (χ0n) is 20.4. The number of aromatic nitrogens is 2. The van der Waals surface area contributed by atoms with E-state index >= 15 is 0 Å². The van der Waals surface area contributed by atoms with E-state index in [1.54, 1.807) is 19.3 Å². The predicted octanol–water partition coefficient (Wildman–Crippen LogP) is 4.96. The third kappa shape index (κ3) is 4.17. The molecule has 2 aliphatic rings. The van der Waals surface area contributed by atoms with Crippen molar-refractivity contribution < 1.29 is 19.4 Å². The van der Waals surface area contributed by atoms with Crippen molar-refractivity contribution in [3.8, 4) is 11.1 Å². The number of ether oxygens (including phenoxy) is 1. The number of anilines is 1. The zero-order chi connectivity index (χ0) is 25.1. The van der Waals surface area contributed by atoms with E-state index < -0.39 is 23.1 Å². The van der Waals surface area contributed by atoms with Crippen LogP contribution in [-0.2, 0) is 17.6 Å². The molecule has 8 heteroatoms. The Morgan fingerprint density at radius 1 is 1.17 bits per heavy atom. The quantitative estimate of drug-likeness (QED) is 0.575. The Kier molecular flexibility index (Phi) is 5.42. The van der Waals surface area contributed by atoms with Crippen LogP contribution in [0.3, 0.4) is 0 Å². The van der Waals surface area contributed by atoms with Gasteiger partial charge in [0.05, 0.1) is 5.52 Å². The summed E-state index contributed by atoms with van der Waals surface area (Å²) in [6.07, 6.45) is 7.20. The molecule has 8 nitrogen and oxygen atoms in total. The van der Waals surface area contributed by atoms with Gasteiger partial charge in [0.1, 0.15) is 17.0 Å². The Bertz CT molecular complexity index is 1430. The molecule has 2 heterocycles. The van der Waals surface area contributed by atoms with Crippen LogP contribution in [0.5, 0.6) is 0 Å². The van der Waals surface area contributed by atoms with Crippen molar-refractivity contribution in [1.29, 1.82) is 0 Å². The molecule has 2 aliphatic carbocycles. The number of nitrogens with zero attached hydrogens (tertiary/aromatic N) is 3. The second-order valence-corrected chi connectivity index (χ2v) is 10.4. The number of carbonyl (C=O) groups excluding carboxylic acids is 1. The maximum absolute atomic E-state index is 13.0. The number of hydrogen-bond acceptors (Lipinski definition) is 5. The molecular weight excluding hydrogens is 446 g/mol. The maximum Gasteiger partial charge on any atom is 0.415 e. The Balaban J connectivity index is 1.64. The molecule has 2 aromatic heterocycles. The highest BCUT2D eigenvalue weighted by Gasteiger charge is 2.30. The molecule has 1 N–H and O–H groups in total. The summed E-state index contributed by atoms with van der Waals surface area (Å²) in [5.41, 5.74) is 3.71. The molecule has 0 unspecified atom stereocenters. The van der Waals surface area contributed by atoms with Gasteiger partial charge in [0.2, 0.25) is 5.43 Å². The number of benzene rings is 1. The number of fused-ring (bicyclic) bond motifs is 5. The van der Waals surface area contributed by atoms with E-state index in [4.69, 9.17) is 4.74 Å². The number of carboxylic acids is 1. The van der Waals surface area contributed by atoms with Gasteiger partial charge in [-0.15, -0.1) is 0 Å². The molecule has 0 atom stereocenters. The monoisotopic (exact) mass is 475 g/mol. The van der Waals surface area contributed by atoms with Crippen LogP contribution >= 0.6 is 0 Å². The van der Waals surface area contributed by atoms with Gasteiger partial charge < -0.3 is 14.4 Å². The Hall–Kier alpha value is -3.68. The minimum atomic E-state index is -1.20. The molecule has 1 aromatic carbocycles. The lowest BCUT2D eigenvalue weighted by molar-refractivity contribution is 0.0587. The second kappa shape index (κ2) is 8.22. The third-order valence-electron chi connectivity index (χ3n) is 6.62. The highest BCUT2D eigenvalue weighted by Crippen LogP contribution is 2.41. The van der Waals surface area contributed by atoms with Crippen LogP contribution in [0, 0.1) is 0 Å². The van der Waals surface area contributed by atoms with E-state index in [1.165, 1.54) is 11.1 Å². The normalized spacial score (nSPS) is 15.2. The van der Waals surface area contributed by atoms with E-state index in [0.717, 1.165) is 59.9 Å². The number of carboxylic acid groups (broad SMARTS) is 1. The number of aryl methyl sites for hydroxylation is 2. The van der Waals surface area contributed by atoms with Crippen molar-refractivity contribution in [2.75, 3.05) is 11.9 Å². The summed E-state index contributed by atoms with van der Waals surface area (Å²) in [4.78, 5) is 43.3.